The fourth-order valence-electron chi connectivity index (χ4n) is 4.10. The zero-order valence-corrected chi connectivity index (χ0v) is 19.6. The third-order valence-corrected chi connectivity index (χ3v) is 7.43. The second-order valence-corrected chi connectivity index (χ2v) is 10.1. The van der Waals surface area contributed by atoms with Gasteiger partial charge in [0.2, 0.25) is 15.0 Å². The Kier molecular flexibility index (Phi) is 7.25. The lowest BCUT2D eigenvalue weighted by molar-refractivity contribution is 0.0741. The van der Waals surface area contributed by atoms with Gasteiger partial charge in [-0.2, -0.15) is 0 Å². The first-order chi connectivity index (χ1) is 16.0. The Morgan fingerprint density at radius 2 is 1.82 bits per heavy atom. The molecule has 1 amide bonds. The van der Waals surface area contributed by atoms with Gasteiger partial charge in [-0.05, 0) is 37.5 Å². The van der Waals surface area contributed by atoms with E-state index >= 15 is 0 Å². The first kappa shape index (κ1) is 23.2. The average molecular weight is 468 g/mol. The summed E-state index contributed by atoms with van der Waals surface area (Å²) in [7, 11) is -3.69. The van der Waals surface area contributed by atoms with Crippen LogP contribution in [0, 0.1) is 0 Å². The lowest BCUT2D eigenvalue weighted by Gasteiger charge is -2.23. The van der Waals surface area contributed by atoms with Gasteiger partial charge in [-0.15, -0.1) is 0 Å². The highest BCUT2D eigenvalue weighted by Gasteiger charge is 2.28. The molecule has 0 spiro atoms. The van der Waals surface area contributed by atoms with Gasteiger partial charge in [-0.25, -0.2) is 13.4 Å². The smallest absolute Gasteiger partial charge is 0.254 e. The fourth-order valence-corrected chi connectivity index (χ4v) is 5.60. The maximum absolute atomic E-state index is 13.3. The molecule has 7 nitrogen and oxygen atoms in total. The first-order valence-corrected chi connectivity index (χ1v) is 12.9. The monoisotopic (exact) mass is 467 g/mol. The van der Waals surface area contributed by atoms with Crippen molar-refractivity contribution >= 4 is 15.7 Å². The van der Waals surface area contributed by atoms with Crippen LogP contribution >= 0.6 is 0 Å². The number of carbonyl (C=O) groups excluding carboxylic acids is 1. The summed E-state index contributed by atoms with van der Waals surface area (Å²) in [5, 5.41) is 0.0278. The van der Waals surface area contributed by atoms with Gasteiger partial charge in [0, 0.05) is 18.7 Å². The van der Waals surface area contributed by atoms with Gasteiger partial charge in [-0.1, -0.05) is 48.5 Å². The van der Waals surface area contributed by atoms with E-state index < -0.39 is 9.84 Å². The minimum Gasteiger partial charge on any atom is -0.376 e. The fraction of sp³-hybridized carbons (Fsp3) is 0.360. The van der Waals surface area contributed by atoms with Crippen LogP contribution in [0.25, 0.3) is 0 Å². The summed E-state index contributed by atoms with van der Waals surface area (Å²) in [4.78, 5) is 19.1. The number of carbonyl (C=O) groups is 1. The Hall–Kier alpha value is -2.97. The molecule has 1 aromatic heterocycles. The van der Waals surface area contributed by atoms with Gasteiger partial charge in [0.25, 0.3) is 5.91 Å². The van der Waals surface area contributed by atoms with Gasteiger partial charge in [-0.3, -0.25) is 4.79 Å². The molecule has 0 saturated carbocycles. The van der Waals surface area contributed by atoms with E-state index in [0.29, 0.717) is 36.5 Å². The van der Waals surface area contributed by atoms with Crippen LogP contribution in [0.4, 0.5) is 0 Å². The van der Waals surface area contributed by atoms with Gasteiger partial charge >= 0.3 is 0 Å². The molecular weight excluding hydrogens is 438 g/mol. The van der Waals surface area contributed by atoms with Gasteiger partial charge in [0.15, 0.2) is 0 Å². The Balaban J connectivity index is 1.64. The van der Waals surface area contributed by atoms with E-state index in [1.165, 1.54) is 0 Å². The second-order valence-electron chi connectivity index (χ2n) is 8.21. The minimum absolute atomic E-state index is 0.0278. The molecule has 0 unspecified atom stereocenters. The van der Waals surface area contributed by atoms with E-state index in [4.69, 9.17) is 4.74 Å². The van der Waals surface area contributed by atoms with Crippen molar-refractivity contribution in [3.63, 3.8) is 0 Å². The molecule has 1 atom stereocenters. The standard InChI is InChI=1S/C25H29N3O4S/c1-2-27(24(29)21-12-7-4-8-13-21)17-22-16-26-25(28(22)18-23-14-9-15-32-23)33(30,31)19-20-10-5-3-6-11-20/h3-8,10-13,16,23H,2,9,14-15,17-19H2,1H3/t23-/m0/s1. The Labute approximate surface area is 194 Å². The molecule has 4 rings (SSSR count). The van der Waals surface area contributed by atoms with Crippen LogP contribution in [0.3, 0.4) is 0 Å². The van der Waals surface area contributed by atoms with Crippen LogP contribution in [0.1, 0.15) is 41.4 Å². The molecule has 2 aromatic carbocycles. The molecule has 0 radical (unpaired) electrons. The quantitative estimate of drug-likeness (QED) is 0.479. The van der Waals surface area contributed by atoms with Crippen LogP contribution in [-0.4, -0.2) is 48.0 Å². The summed E-state index contributed by atoms with van der Waals surface area (Å²) in [5.41, 5.74) is 1.99. The molecule has 1 aliphatic rings. The van der Waals surface area contributed by atoms with Gasteiger partial charge < -0.3 is 14.2 Å². The number of amides is 1. The third-order valence-electron chi connectivity index (χ3n) is 5.83. The second kappa shape index (κ2) is 10.3. The molecule has 8 heteroatoms. The van der Waals surface area contributed by atoms with Crippen molar-refractivity contribution in [1.29, 1.82) is 0 Å². The molecule has 0 bridgehead atoms. The highest BCUT2D eigenvalue weighted by atomic mass is 32.2. The van der Waals surface area contributed by atoms with Gasteiger partial charge in [0.1, 0.15) is 0 Å². The number of benzene rings is 2. The number of nitrogens with zero attached hydrogens (tertiary/aromatic N) is 3. The van der Waals surface area contributed by atoms with Crippen molar-refractivity contribution in [1.82, 2.24) is 14.5 Å². The van der Waals surface area contributed by atoms with Crippen molar-refractivity contribution in [3.8, 4) is 0 Å². The summed E-state index contributed by atoms with van der Waals surface area (Å²) in [6.07, 6.45) is 3.33. The molecule has 1 saturated heterocycles. The molecule has 1 aliphatic heterocycles. The van der Waals surface area contributed by atoms with Gasteiger partial charge in [0.05, 0.1) is 36.8 Å². The molecule has 174 valence electrons. The predicted molar refractivity (Wildman–Crippen MR) is 125 cm³/mol. The molecule has 0 aliphatic carbocycles. The maximum Gasteiger partial charge on any atom is 0.254 e. The maximum atomic E-state index is 13.3. The highest BCUT2D eigenvalue weighted by molar-refractivity contribution is 7.90. The molecule has 2 heterocycles. The highest BCUT2D eigenvalue weighted by Crippen LogP contribution is 2.23. The van der Waals surface area contributed by atoms with Crippen LogP contribution in [0.2, 0.25) is 0 Å². The number of ether oxygens (including phenoxy) is 1. The van der Waals surface area contributed by atoms with E-state index in [0.717, 1.165) is 12.8 Å². The lowest BCUT2D eigenvalue weighted by atomic mass is 10.2. The summed E-state index contributed by atoms with van der Waals surface area (Å²) in [6.45, 7) is 3.74. The first-order valence-electron chi connectivity index (χ1n) is 11.2. The van der Waals surface area contributed by atoms with Crippen molar-refractivity contribution in [2.75, 3.05) is 13.2 Å². The molecular formula is C25H29N3O4S. The lowest BCUT2D eigenvalue weighted by Crippen LogP contribution is -2.32. The number of sulfone groups is 1. The Morgan fingerprint density at radius 3 is 2.45 bits per heavy atom. The number of hydrogen-bond donors (Lipinski definition) is 0. The largest absolute Gasteiger partial charge is 0.376 e. The number of hydrogen-bond acceptors (Lipinski definition) is 5. The van der Waals surface area contributed by atoms with Crippen LogP contribution in [0.5, 0.6) is 0 Å². The SMILES string of the molecule is CCN(Cc1cnc(S(=O)(=O)Cc2ccccc2)n1C[C@@H]1CCCO1)C(=O)c1ccccc1. The van der Waals surface area contributed by atoms with Crippen LogP contribution in [-0.2, 0) is 33.4 Å². The minimum atomic E-state index is -3.69. The predicted octanol–water partition coefficient (Wildman–Crippen LogP) is 3.70. The van der Waals surface area contributed by atoms with E-state index in [-0.39, 0.29) is 29.5 Å². The normalized spacial score (nSPS) is 16.1. The molecule has 3 aromatic rings. The van der Waals surface area contributed by atoms with Crippen LogP contribution in [0.15, 0.2) is 72.0 Å². The van der Waals surface area contributed by atoms with Crippen molar-refractivity contribution in [3.05, 3.63) is 83.7 Å². The number of aromatic nitrogens is 2. The van der Waals surface area contributed by atoms with Crippen molar-refractivity contribution in [2.45, 2.75) is 49.9 Å². The van der Waals surface area contributed by atoms with E-state index in [1.807, 2.05) is 43.3 Å². The Morgan fingerprint density at radius 1 is 1.12 bits per heavy atom. The summed E-state index contributed by atoms with van der Waals surface area (Å²) >= 11 is 0. The molecule has 33 heavy (non-hydrogen) atoms. The summed E-state index contributed by atoms with van der Waals surface area (Å²) in [6, 6.07) is 18.2. The molecule has 1 fully saturated rings. The van der Waals surface area contributed by atoms with Crippen LogP contribution < -0.4 is 0 Å². The molecule has 0 N–H and O–H groups in total. The Bertz CT molecular complexity index is 1170. The van der Waals surface area contributed by atoms with E-state index in [9.17, 15) is 13.2 Å². The average Bonchev–Trinajstić information content (AvgIpc) is 3.49. The topological polar surface area (TPSA) is 81.5 Å². The summed E-state index contributed by atoms with van der Waals surface area (Å²) < 4.78 is 34.2. The van der Waals surface area contributed by atoms with E-state index in [1.54, 1.807) is 39.9 Å². The third kappa shape index (κ3) is 5.51. The number of imidazole rings is 1. The zero-order chi connectivity index (χ0) is 23.3. The summed E-state index contributed by atoms with van der Waals surface area (Å²) in [5.74, 6) is -0.229. The zero-order valence-electron chi connectivity index (χ0n) is 18.8. The van der Waals surface area contributed by atoms with Crippen molar-refractivity contribution < 1.29 is 17.9 Å². The number of rotatable bonds is 9. The van der Waals surface area contributed by atoms with Crippen molar-refractivity contribution in [2.24, 2.45) is 0 Å². The van der Waals surface area contributed by atoms with E-state index in [2.05, 4.69) is 4.98 Å².